The standard InChI is InChI=1S/C24H21F2N7O2/c1-17(24(35,14-30-16-27-15-29-30)21-8-3-18(25)13-22(21)26)31-11-12-32(23(31)34)19-4-6-20(7-5-19)33-10-2-9-28-33/h2-13,15-17,35H,14H2,1H3/t17-,24-/m1/s1. The molecule has 5 rings (SSSR count). The molecule has 2 atom stereocenters. The van der Waals surface area contributed by atoms with Gasteiger partial charge in [-0.1, -0.05) is 6.07 Å². The van der Waals surface area contributed by atoms with E-state index in [0.29, 0.717) is 11.8 Å². The maximum atomic E-state index is 14.8. The minimum atomic E-state index is -1.95. The van der Waals surface area contributed by atoms with Crippen molar-refractivity contribution in [2.45, 2.75) is 25.1 Å². The second kappa shape index (κ2) is 8.76. The lowest BCUT2D eigenvalue weighted by atomic mass is 9.86. The fraction of sp³-hybridized carbons (Fsp3) is 0.167. The molecule has 0 saturated heterocycles. The summed E-state index contributed by atoms with van der Waals surface area (Å²) in [5.74, 6) is -1.70. The zero-order chi connectivity index (χ0) is 24.6. The Morgan fingerprint density at radius 2 is 1.80 bits per heavy atom. The van der Waals surface area contributed by atoms with Crippen LogP contribution in [0.25, 0.3) is 11.4 Å². The molecule has 0 aliphatic heterocycles. The number of halogens is 2. The Morgan fingerprint density at radius 3 is 2.46 bits per heavy atom. The lowest BCUT2D eigenvalue weighted by Gasteiger charge is -2.35. The second-order valence-electron chi connectivity index (χ2n) is 8.14. The van der Waals surface area contributed by atoms with Crippen LogP contribution in [-0.2, 0) is 12.1 Å². The third kappa shape index (κ3) is 4.06. The highest BCUT2D eigenvalue weighted by atomic mass is 19.1. The molecule has 178 valence electrons. The van der Waals surface area contributed by atoms with Crippen LogP contribution < -0.4 is 5.69 Å². The van der Waals surface area contributed by atoms with Crippen molar-refractivity contribution in [3.05, 3.63) is 114 Å². The molecule has 1 N–H and O–H groups in total. The molecular formula is C24H21F2N7O2. The molecule has 0 bridgehead atoms. The highest BCUT2D eigenvalue weighted by Gasteiger charge is 2.41. The average molecular weight is 477 g/mol. The summed E-state index contributed by atoms with van der Waals surface area (Å²) in [6.07, 6.45) is 9.21. The Kier molecular flexibility index (Phi) is 5.61. The van der Waals surface area contributed by atoms with E-state index >= 15 is 0 Å². The number of hydrogen-bond donors (Lipinski definition) is 1. The van der Waals surface area contributed by atoms with E-state index in [2.05, 4.69) is 15.2 Å². The Labute approximate surface area is 198 Å². The smallest absolute Gasteiger partial charge is 0.333 e. The van der Waals surface area contributed by atoms with E-state index < -0.39 is 29.0 Å². The van der Waals surface area contributed by atoms with Crippen LogP contribution in [0.4, 0.5) is 8.78 Å². The van der Waals surface area contributed by atoms with Crippen molar-refractivity contribution in [3.63, 3.8) is 0 Å². The van der Waals surface area contributed by atoms with Crippen molar-refractivity contribution in [3.8, 4) is 11.4 Å². The van der Waals surface area contributed by atoms with Gasteiger partial charge in [-0.2, -0.15) is 10.2 Å². The minimum absolute atomic E-state index is 0.162. The molecule has 3 heterocycles. The monoisotopic (exact) mass is 477 g/mol. The Balaban J connectivity index is 1.53. The highest BCUT2D eigenvalue weighted by Crippen LogP contribution is 2.36. The SMILES string of the molecule is C[C@@H](n1ccn(-c2ccc(-n3cccn3)cc2)c1=O)[C@](O)(Cn1cncn1)c1ccc(F)cc1F. The summed E-state index contributed by atoms with van der Waals surface area (Å²) in [5, 5.41) is 20.0. The van der Waals surface area contributed by atoms with Gasteiger partial charge in [-0.15, -0.1) is 0 Å². The van der Waals surface area contributed by atoms with Crippen LogP contribution in [0, 0.1) is 11.6 Å². The normalized spacial score (nSPS) is 14.1. The number of hydrogen-bond acceptors (Lipinski definition) is 5. The van der Waals surface area contributed by atoms with Crippen LogP contribution in [0.3, 0.4) is 0 Å². The first-order valence-corrected chi connectivity index (χ1v) is 10.8. The summed E-state index contributed by atoms with van der Waals surface area (Å²) >= 11 is 0. The van der Waals surface area contributed by atoms with Crippen molar-refractivity contribution in [2.75, 3.05) is 0 Å². The minimum Gasteiger partial charge on any atom is -0.381 e. The first-order valence-electron chi connectivity index (χ1n) is 10.8. The van der Waals surface area contributed by atoms with Gasteiger partial charge in [-0.3, -0.25) is 9.13 Å². The van der Waals surface area contributed by atoms with E-state index in [-0.39, 0.29) is 12.1 Å². The van der Waals surface area contributed by atoms with Crippen molar-refractivity contribution in [1.29, 1.82) is 0 Å². The molecule has 11 heteroatoms. The molecule has 9 nitrogen and oxygen atoms in total. The van der Waals surface area contributed by atoms with E-state index in [0.717, 1.165) is 11.8 Å². The Bertz CT molecular complexity index is 1490. The van der Waals surface area contributed by atoms with Gasteiger partial charge in [0.05, 0.1) is 24.0 Å². The Morgan fingerprint density at radius 1 is 1.03 bits per heavy atom. The lowest BCUT2D eigenvalue weighted by molar-refractivity contribution is -0.0342. The van der Waals surface area contributed by atoms with Gasteiger partial charge in [-0.05, 0) is 43.3 Å². The summed E-state index contributed by atoms with van der Waals surface area (Å²) in [4.78, 5) is 17.2. The largest absolute Gasteiger partial charge is 0.381 e. The molecule has 0 radical (unpaired) electrons. The maximum absolute atomic E-state index is 14.8. The number of aliphatic hydroxyl groups is 1. The van der Waals surface area contributed by atoms with Gasteiger partial charge in [0.15, 0.2) is 0 Å². The van der Waals surface area contributed by atoms with Gasteiger partial charge in [0, 0.05) is 36.4 Å². The van der Waals surface area contributed by atoms with Crippen LogP contribution in [0.5, 0.6) is 0 Å². The number of aromatic nitrogens is 7. The molecule has 3 aromatic heterocycles. The summed E-state index contributed by atoms with van der Waals surface area (Å²) in [6, 6.07) is 11.0. The first kappa shape index (κ1) is 22.4. The van der Waals surface area contributed by atoms with Crippen LogP contribution in [-0.4, -0.2) is 38.8 Å². The molecule has 5 aromatic rings. The number of imidazole rings is 1. The van der Waals surface area contributed by atoms with Crippen LogP contribution in [0.15, 0.2) is 90.8 Å². The first-order chi connectivity index (χ1) is 16.9. The molecule has 0 spiro atoms. The van der Waals surface area contributed by atoms with Gasteiger partial charge in [0.25, 0.3) is 0 Å². The lowest BCUT2D eigenvalue weighted by Crippen LogP contribution is -2.43. The number of rotatable bonds is 7. The molecular weight excluding hydrogens is 456 g/mol. The fourth-order valence-corrected chi connectivity index (χ4v) is 4.14. The van der Waals surface area contributed by atoms with Crippen molar-refractivity contribution >= 4 is 0 Å². The zero-order valence-corrected chi connectivity index (χ0v) is 18.6. The average Bonchev–Trinajstić information content (AvgIpc) is 3.61. The molecule has 0 unspecified atom stereocenters. The summed E-state index contributed by atoms with van der Waals surface area (Å²) in [7, 11) is 0. The van der Waals surface area contributed by atoms with E-state index in [1.807, 2.05) is 24.4 Å². The Hall–Kier alpha value is -4.38. The second-order valence-corrected chi connectivity index (χ2v) is 8.14. The van der Waals surface area contributed by atoms with Gasteiger partial charge < -0.3 is 5.11 Å². The van der Waals surface area contributed by atoms with E-state index in [9.17, 15) is 18.7 Å². The van der Waals surface area contributed by atoms with Gasteiger partial charge in [0.2, 0.25) is 0 Å². The number of nitrogens with zero attached hydrogens (tertiary/aromatic N) is 7. The molecule has 0 saturated carbocycles. The zero-order valence-electron chi connectivity index (χ0n) is 18.6. The molecule has 0 aliphatic carbocycles. The van der Waals surface area contributed by atoms with E-state index in [4.69, 9.17) is 0 Å². The molecule has 0 amide bonds. The fourth-order valence-electron chi connectivity index (χ4n) is 4.14. The molecule has 0 aliphatic rings. The van der Waals surface area contributed by atoms with Crippen LogP contribution in [0.2, 0.25) is 0 Å². The summed E-state index contributed by atoms with van der Waals surface area (Å²) in [6.45, 7) is 1.37. The van der Waals surface area contributed by atoms with Crippen molar-refractivity contribution in [1.82, 2.24) is 33.7 Å². The van der Waals surface area contributed by atoms with Crippen LogP contribution >= 0.6 is 0 Å². The molecule has 35 heavy (non-hydrogen) atoms. The molecule has 2 aromatic carbocycles. The predicted molar refractivity (Wildman–Crippen MR) is 122 cm³/mol. The number of benzene rings is 2. The predicted octanol–water partition coefficient (Wildman–Crippen LogP) is 2.84. The van der Waals surface area contributed by atoms with E-state index in [1.54, 1.807) is 36.1 Å². The third-order valence-electron chi connectivity index (χ3n) is 6.08. The highest BCUT2D eigenvalue weighted by molar-refractivity contribution is 5.41. The van der Waals surface area contributed by atoms with Crippen LogP contribution in [0.1, 0.15) is 18.5 Å². The van der Waals surface area contributed by atoms with Crippen molar-refractivity contribution < 1.29 is 13.9 Å². The third-order valence-corrected chi connectivity index (χ3v) is 6.08. The molecule has 0 fully saturated rings. The topological polar surface area (TPSA) is 95.7 Å². The van der Waals surface area contributed by atoms with E-state index in [1.165, 1.54) is 38.7 Å². The maximum Gasteiger partial charge on any atom is 0.333 e. The van der Waals surface area contributed by atoms with Gasteiger partial charge >= 0.3 is 5.69 Å². The quantitative estimate of drug-likeness (QED) is 0.389. The summed E-state index contributed by atoms with van der Waals surface area (Å²) < 4.78 is 34.2. The van der Waals surface area contributed by atoms with Gasteiger partial charge in [0.1, 0.15) is 29.9 Å². The van der Waals surface area contributed by atoms with Crippen molar-refractivity contribution in [2.24, 2.45) is 0 Å². The van der Waals surface area contributed by atoms with Gasteiger partial charge in [-0.25, -0.2) is 27.9 Å². The summed E-state index contributed by atoms with van der Waals surface area (Å²) in [5.41, 5.74) is -1.13.